The molecule has 0 N–H and O–H groups in total. The van der Waals surface area contributed by atoms with Crippen molar-refractivity contribution >= 4 is 43.2 Å². The van der Waals surface area contributed by atoms with Gasteiger partial charge in [-0.25, -0.2) is 8.42 Å². The van der Waals surface area contributed by atoms with Crippen LogP contribution in [-0.4, -0.2) is 50.9 Å². The Kier molecular flexibility index (Phi) is 5.67. The van der Waals surface area contributed by atoms with Crippen LogP contribution in [0.4, 0.5) is 11.4 Å². The van der Waals surface area contributed by atoms with Gasteiger partial charge in [0.2, 0.25) is 15.9 Å². The first kappa shape index (κ1) is 21.3. The molecule has 1 saturated heterocycles. The molecular weight excluding hydrogens is 466 g/mol. The van der Waals surface area contributed by atoms with Crippen molar-refractivity contribution in [1.29, 1.82) is 0 Å². The van der Waals surface area contributed by atoms with E-state index in [2.05, 4.69) is 52.9 Å². The number of amides is 1. The number of anilines is 2. The van der Waals surface area contributed by atoms with Gasteiger partial charge in [-0.1, -0.05) is 12.1 Å². The van der Waals surface area contributed by atoms with E-state index in [0.717, 1.165) is 17.7 Å². The lowest BCUT2D eigenvalue weighted by Crippen LogP contribution is -2.53. The summed E-state index contributed by atoms with van der Waals surface area (Å²) in [5.41, 5.74) is 4.01. The fraction of sp³-hybridized carbons (Fsp3) is 0.409. The average molecular weight is 492 g/mol. The lowest BCUT2D eigenvalue weighted by molar-refractivity contribution is -0.116. The molecule has 1 amide bonds. The second-order valence-corrected chi connectivity index (χ2v) is 10.8. The number of hydrogen-bond acceptors (Lipinski definition) is 4. The molecule has 2 aliphatic heterocycles. The molecule has 6 nitrogen and oxygen atoms in total. The van der Waals surface area contributed by atoms with E-state index in [9.17, 15) is 13.2 Å². The van der Waals surface area contributed by atoms with E-state index >= 15 is 0 Å². The number of benzene rings is 2. The van der Waals surface area contributed by atoms with E-state index in [1.165, 1.54) is 12.5 Å². The van der Waals surface area contributed by atoms with Gasteiger partial charge in [0.25, 0.3) is 0 Å². The third-order valence-corrected chi connectivity index (χ3v) is 8.77. The van der Waals surface area contributed by atoms with Gasteiger partial charge < -0.3 is 9.80 Å². The highest BCUT2D eigenvalue weighted by atomic mass is 79.9. The molecule has 1 atom stereocenters. The lowest BCUT2D eigenvalue weighted by Gasteiger charge is -2.40. The van der Waals surface area contributed by atoms with Gasteiger partial charge in [0.05, 0.1) is 4.90 Å². The Bertz CT molecular complexity index is 1100. The molecule has 1 fully saturated rings. The van der Waals surface area contributed by atoms with Crippen LogP contribution in [0.5, 0.6) is 0 Å². The molecular formula is C22H26BrN3O3S. The van der Waals surface area contributed by atoms with Crippen molar-refractivity contribution in [2.75, 3.05) is 36.0 Å². The highest BCUT2D eigenvalue weighted by Gasteiger charge is 2.35. The van der Waals surface area contributed by atoms with Crippen molar-refractivity contribution in [3.8, 4) is 0 Å². The molecule has 30 heavy (non-hydrogen) atoms. The van der Waals surface area contributed by atoms with E-state index in [1.54, 1.807) is 15.3 Å². The van der Waals surface area contributed by atoms with Crippen LogP contribution in [-0.2, 0) is 21.2 Å². The van der Waals surface area contributed by atoms with Crippen LogP contribution in [0.2, 0.25) is 0 Å². The number of nitrogens with zero attached hydrogens (tertiary/aromatic N) is 3. The zero-order valence-corrected chi connectivity index (χ0v) is 19.8. The largest absolute Gasteiger partial charge is 0.366 e. The van der Waals surface area contributed by atoms with Crippen LogP contribution < -0.4 is 9.80 Å². The predicted octanol–water partition coefficient (Wildman–Crippen LogP) is 3.57. The summed E-state index contributed by atoms with van der Waals surface area (Å²) >= 11 is 3.46. The SMILES string of the molecule is CC(=O)N1CCc2cc(Br)c(S(=O)(=O)N3CCN(c4cccc(C)c4)[C@H](C)C3)cc21. The second-order valence-electron chi connectivity index (χ2n) is 8.08. The summed E-state index contributed by atoms with van der Waals surface area (Å²) in [6, 6.07) is 11.8. The van der Waals surface area contributed by atoms with Crippen LogP contribution in [0, 0.1) is 6.92 Å². The highest BCUT2D eigenvalue weighted by Crippen LogP contribution is 2.37. The Morgan fingerprint density at radius 3 is 2.57 bits per heavy atom. The Balaban J connectivity index is 1.61. The normalized spacial score (nSPS) is 19.8. The molecule has 0 saturated carbocycles. The van der Waals surface area contributed by atoms with Gasteiger partial charge >= 0.3 is 0 Å². The maximum atomic E-state index is 13.5. The molecule has 4 rings (SSSR count). The van der Waals surface area contributed by atoms with E-state index in [4.69, 9.17) is 0 Å². The number of sulfonamides is 1. The Hall–Kier alpha value is -1.90. The first-order chi connectivity index (χ1) is 14.2. The van der Waals surface area contributed by atoms with Gasteiger partial charge in [-0.15, -0.1) is 0 Å². The first-order valence-electron chi connectivity index (χ1n) is 10.1. The highest BCUT2D eigenvalue weighted by molar-refractivity contribution is 9.10. The molecule has 0 radical (unpaired) electrons. The molecule has 0 spiro atoms. The van der Waals surface area contributed by atoms with Gasteiger partial charge in [-0.3, -0.25) is 4.79 Å². The maximum Gasteiger partial charge on any atom is 0.244 e. The van der Waals surface area contributed by atoms with Gasteiger partial charge in [0, 0.05) is 55.0 Å². The second kappa shape index (κ2) is 7.98. The topological polar surface area (TPSA) is 60.9 Å². The van der Waals surface area contributed by atoms with Gasteiger partial charge in [0.1, 0.15) is 0 Å². The van der Waals surface area contributed by atoms with Crippen molar-refractivity contribution < 1.29 is 13.2 Å². The van der Waals surface area contributed by atoms with Gasteiger partial charge in [-0.05, 0) is 71.6 Å². The van der Waals surface area contributed by atoms with E-state index in [-0.39, 0.29) is 16.8 Å². The van der Waals surface area contributed by atoms with Crippen LogP contribution >= 0.6 is 15.9 Å². The number of rotatable bonds is 3. The molecule has 2 aliphatic rings. The smallest absolute Gasteiger partial charge is 0.244 e. The number of halogens is 1. The van der Waals surface area contributed by atoms with E-state index in [0.29, 0.717) is 36.3 Å². The van der Waals surface area contributed by atoms with Crippen molar-refractivity contribution in [1.82, 2.24) is 4.31 Å². The minimum Gasteiger partial charge on any atom is -0.366 e. The lowest BCUT2D eigenvalue weighted by atomic mass is 10.1. The summed E-state index contributed by atoms with van der Waals surface area (Å²) in [4.78, 5) is 16.1. The Morgan fingerprint density at radius 1 is 1.13 bits per heavy atom. The quantitative estimate of drug-likeness (QED) is 0.658. The van der Waals surface area contributed by atoms with Crippen molar-refractivity contribution in [3.63, 3.8) is 0 Å². The van der Waals surface area contributed by atoms with Crippen LogP contribution in [0.15, 0.2) is 45.8 Å². The predicted molar refractivity (Wildman–Crippen MR) is 123 cm³/mol. The summed E-state index contributed by atoms with van der Waals surface area (Å²) in [5, 5.41) is 0. The minimum absolute atomic E-state index is 0.0530. The number of fused-ring (bicyclic) bond motifs is 1. The van der Waals surface area contributed by atoms with E-state index < -0.39 is 10.0 Å². The summed E-state index contributed by atoms with van der Waals surface area (Å²) in [7, 11) is -3.69. The van der Waals surface area contributed by atoms with Crippen LogP contribution in [0.25, 0.3) is 0 Å². The molecule has 0 bridgehead atoms. The van der Waals surface area contributed by atoms with Crippen LogP contribution in [0.3, 0.4) is 0 Å². The number of piperazine rings is 1. The molecule has 2 heterocycles. The summed E-state index contributed by atoms with van der Waals surface area (Å²) in [5.74, 6) is -0.0696. The monoisotopic (exact) mass is 491 g/mol. The van der Waals surface area contributed by atoms with E-state index in [1.807, 2.05) is 12.1 Å². The number of carbonyl (C=O) groups excluding carboxylic acids is 1. The fourth-order valence-electron chi connectivity index (χ4n) is 4.38. The molecule has 0 aliphatic carbocycles. The standard InChI is InChI=1S/C22H26BrN3O3S/c1-15-5-4-6-19(11-15)25-10-9-24(14-16(25)2)30(28,29)22-13-21-18(12-20(22)23)7-8-26(21)17(3)27/h4-6,11-13,16H,7-10,14H2,1-3H3/t16-/m1/s1. The van der Waals surface area contributed by atoms with Crippen molar-refractivity contribution in [3.05, 3.63) is 52.0 Å². The summed E-state index contributed by atoms with van der Waals surface area (Å²) in [6.45, 7) is 7.68. The van der Waals surface area contributed by atoms with Crippen molar-refractivity contribution in [2.24, 2.45) is 0 Å². The zero-order chi connectivity index (χ0) is 21.6. The van der Waals surface area contributed by atoms with Gasteiger partial charge in [-0.2, -0.15) is 4.31 Å². The maximum absolute atomic E-state index is 13.5. The van der Waals surface area contributed by atoms with Crippen molar-refractivity contribution in [2.45, 2.75) is 38.1 Å². The molecule has 160 valence electrons. The Morgan fingerprint density at radius 2 is 1.90 bits per heavy atom. The number of carbonyl (C=O) groups is 1. The molecule has 2 aromatic carbocycles. The zero-order valence-electron chi connectivity index (χ0n) is 17.4. The molecule has 0 unspecified atom stereocenters. The number of aryl methyl sites for hydroxylation is 1. The average Bonchev–Trinajstić information content (AvgIpc) is 3.10. The van der Waals surface area contributed by atoms with Gasteiger partial charge in [0.15, 0.2) is 0 Å². The molecule has 0 aromatic heterocycles. The number of hydrogen-bond donors (Lipinski definition) is 0. The first-order valence-corrected chi connectivity index (χ1v) is 12.4. The summed E-state index contributed by atoms with van der Waals surface area (Å²) in [6.07, 6.45) is 0.736. The summed E-state index contributed by atoms with van der Waals surface area (Å²) < 4.78 is 29.1. The third-order valence-electron chi connectivity index (χ3n) is 5.95. The third kappa shape index (κ3) is 3.76. The Labute approximate surface area is 186 Å². The molecule has 8 heteroatoms. The minimum atomic E-state index is -3.69. The van der Waals surface area contributed by atoms with Crippen LogP contribution in [0.1, 0.15) is 25.0 Å². The molecule has 2 aromatic rings. The fourth-order valence-corrected chi connectivity index (χ4v) is 6.97.